The average molecular weight is 230 g/mol. The van der Waals surface area contributed by atoms with Crippen molar-refractivity contribution in [3.8, 4) is 0 Å². The molecule has 1 aliphatic rings. The Labute approximate surface area is 89.6 Å². The second-order valence-corrected chi connectivity index (χ2v) is 5.58. The minimum absolute atomic E-state index is 0.457. The molecule has 1 fully saturated rings. The molecule has 0 spiro atoms. The largest absolute Gasteiger partial charge is 0.650 e. The van der Waals surface area contributed by atoms with Crippen molar-refractivity contribution in [2.24, 2.45) is 0 Å². The molecule has 0 radical (unpaired) electrons. The summed E-state index contributed by atoms with van der Waals surface area (Å²) in [5, 5.41) is -0.766. The maximum absolute atomic E-state index is 11.4. The predicted octanol–water partition coefficient (Wildman–Crippen LogP) is 0.513. The SMILES string of the molecule is CN(C(=O)S)[C](=O)[Al]1[C](=O)N(C)[C]1=O. The highest BCUT2D eigenvalue weighted by atomic mass is 32.1. The molecule has 1 saturated heterocycles. The van der Waals surface area contributed by atoms with Gasteiger partial charge in [0, 0.05) is 14.1 Å². The molecule has 1 rings (SSSR count). The van der Waals surface area contributed by atoms with Crippen LogP contribution in [0.2, 0.25) is 0 Å². The molecular formula is C6H7AlN2O4S. The van der Waals surface area contributed by atoms with Crippen LogP contribution in [0.25, 0.3) is 0 Å². The van der Waals surface area contributed by atoms with Crippen LogP contribution in [0.15, 0.2) is 0 Å². The van der Waals surface area contributed by atoms with Gasteiger partial charge in [-0.05, 0) is 0 Å². The third kappa shape index (κ3) is 1.56. The van der Waals surface area contributed by atoms with E-state index in [1.807, 2.05) is 0 Å². The molecule has 74 valence electrons. The van der Waals surface area contributed by atoms with Crippen molar-refractivity contribution in [2.45, 2.75) is 0 Å². The van der Waals surface area contributed by atoms with Crippen LogP contribution < -0.4 is 0 Å². The first-order chi connectivity index (χ1) is 6.37. The van der Waals surface area contributed by atoms with Gasteiger partial charge < -0.3 is 4.90 Å². The van der Waals surface area contributed by atoms with Crippen molar-refractivity contribution in [1.29, 1.82) is 0 Å². The fourth-order valence-corrected chi connectivity index (χ4v) is 3.20. The number of amides is 4. The molecule has 1 aliphatic heterocycles. The van der Waals surface area contributed by atoms with E-state index in [1.165, 1.54) is 14.1 Å². The summed E-state index contributed by atoms with van der Waals surface area (Å²) in [7, 11) is 2.51. The van der Waals surface area contributed by atoms with Gasteiger partial charge in [0.25, 0.3) is 5.24 Å². The molecular weight excluding hydrogens is 223 g/mol. The van der Waals surface area contributed by atoms with Crippen LogP contribution in [0, 0.1) is 0 Å². The van der Waals surface area contributed by atoms with Crippen molar-refractivity contribution in [1.82, 2.24) is 9.80 Å². The minimum atomic E-state index is -2.79. The van der Waals surface area contributed by atoms with Gasteiger partial charge in [0.05, 0.1) is 0 Å². The van der Waals surface area contributed by atoms with Crippen LogP contribution in [-0.2, 0) is 0 Å². The van der Waals surface area contributed by atoms with E-state index >= 15 is 0 Å². The first-order valence-electron chi connectivity index (χ1n) is 3.69. The third-order valence-electron chi connectivity index (χ3n) is 2.02. The second-order valence-electron chi connectivity index (χ2n) is 2.85. The van der Waals surface area contributed by atoms with E-state index in [-0.39, 0.29) is 0 Å². The third-order valence-corrected chi connectivity index (χ3v) is 4.96. The van der Waals surface area contributed by atoms with Crippen LogP contribution in [0.3, 0.4) is 0 Å². The average Bonchev–Trinajstić information content (AvgIpc) is 2.15. The number of hydrogen-bond donors (Lipinski definition) is 1. The fraction of sp³-hybridized carbons (Fsp3) is 0.333. The van der Waals surface area contributed by atoms with E-state index in [0.29, 0.717) is 4.90 Å². The summed E-state index contributed by atoms with van der Waals surface area (Å²) in [4.78, 5) is 45.9. The van der Waals surface area contributed by atoms with Gasteiger partial charge in [-0.3, -0.25) is 24.1 Å². The number of imide groups is 2. The standard InChI is InChI=1S/C3H4NO2S.C3H3NO2.Al/c1-4(2-5)3(6)7;1-4(2-5)3-6;/h1H3,(H,6,7);1H3;. The van der Waals surface area contributed by atoms with Gasteiger partial charge in [-0.2, -0.15) is 0 Å². The molecule has 0 aliphatic carbocycles. The van der Waals surface area contributed by atoms with Gasteiger partial charge in [0.1, 0.15) is 0 Å². The van der Waals surface area contributed by atoms with Crippen LogP contribution in [0.1, 0.15) is 0 Å². The minimum Gasteiger partial charge on any atom is -0.316 e. The second kappa shape index (κ2) is 3.73. The zero-order chi connectivity index (χ0) is 11.0. The lowest BCUT2D eigenvalue weighted by atomic mass is 10.9. The normalized spacial score (nSPS) is 15.4. The van der Waals surface area contributed by atoms with E-state index in [4.69, 9.17) is 0 Å². The molecule has 1 heterocycles. The lowest BCUT2D eigenvalue weighted by molar-refractivity contribution is 0.207. The molecule has 0 unspecified atom stereocenters. The van der Waals surface area contributed by atoms with E-state index < -0.39 is 33.7 Å². The maximum Gasteiger partial charge on any atom is 0.650 e. The Morgan fingerprint density at radius 3 is 2.14 bits per heavy atom. The van der Waals surface area contributed by atoms with E-state index in [9.17, 15) is 19.2 Å². The quantitative estimate of drug-likeness (QED) is 0.526. The molecule has 0 bridgehead atoms. The highest BCUT2D eigenvalue weighted by Gasteiger charge is 2.60. The fourth-order valence-electron chi connectivity index (χ4n) is 1.03. The predicted molar refractivity (Wildman–Crippen MR) is 51.9 cm³/mol. The molecule has 0 atom stereocenters. The molecule has 4 amide bonds. The van der Waals surface area contributed by atoms with Crippen LogP contribution in [-0.4, -0.2) is 57.6 Å². The summed E-state index contributed by atoms with van der Waals surface area (Å²) in [5.41, 5.74) is 0. The molecule has 0 aromatic heterocycles. The van der Waals surface area contributed by atoms with Gasteiger partial charge in [-0.15, -0.1) is 0 Å². The Kier molecular flexibility index (Phi) is 2.99. The first kappa shape index (κ1) is 11.2. The maximum atomic E-state index is 11.4. The first-order valence-corrected chi connectivity index (χ1v) is 5.87. The Hall–Kier alpha value is -0.838. The number of hydrogen-bond acceptors (Lipinski definition) is 4. The Morgan fingerprint density at radius 2 is 1.79 bits per heavy atom. The van der Waals surface area contributed by atoms with Crippen molar-refractivity contribution in [3.05, 3.63) is 0 Å². The number of thiol groups is 1. The smallest absolute Gasteiger partial charge is 0.316 e. The molecule has 0 N–H and O–H groups in total. The summed E-state index contributed by atoms with van der Waals surface area (Å²) in [5.74, 6) is 0. The monoisotopic (exact) mass is 230 g/mol. The number of nitrogens with zero attached hydrogens (tertiary/aromatic N) is 2. The van der Waals surface area contributed by atoms with Gasteiger partial charge >= 0.3 is 14.1 Å². The molecule has 8 heteroatoms. The Bertz CT molecular complexity index is 329. The van der Waals surface area contributed by atoms with Gasteiger partial charge in [0.15, 0.2) is 14.3 Å². The molecule has 0 saturated carbocycles. The molecule has 6 nitrogen and oxygen atoms in total. The van der Waals surface area contributed by atoms with Gasteiger partial charge in [-0.25, -0.2) is 0 Å². The van der Waals surface area contributed by atoms with Gasteiger partial charge in [-0.1, -0.05) is 12.6 Å². The number of carbonyl (C=O) groups excluding carboxylic acids is 4. The molecule has 0 aromatic rings. The summed E-state index contributed by atoms with van der Waals surface area (Å²) >= 11 is 0.634. The van der Waals surface area contributed by atoms with E-state index in [0.717, 1.165) is 4.90 Å². The lowest BCUT2D eigenvalue weighted by Crippen LogP contribution is -2.67. The topological polar surface area (TPSA) is 74.8 Å². The number of rotatable bonds is 1. The van der Waals surface area contributed by atoms with Crippen molar-refractivity contribution in [3.63, 3.8) is 0 Å². The van der Waals surface area contributed by atoms with Crippen molar-refractivity contribution < 1.29 is 19.2 Å². The highest BCUT2D eigenvalue weighted by Crippen LogP contribution is 2.14. The molecule has 14 heavy (non-hydrogen) atoms. The summed E-state index contributed by atoms with van der Waals surface area (Å²) in [6.07, 6.45) is 0. The van der Waals surface area contributed by atoms with Gasteiger partial charge in [0.2, 0.25) is 0 Å². The van der Waals surface area contributed by atoms with Crippen molar-refractivity contribution >= 4 is 46.3 Å². The summed E-state index contributed by atoms with van der Waals surface area (Å²) in [6.45, 7) is 0. The zero-order valence-electron chi connectivity index (χ0n) is 7.55. The van der Waals surface area contributed by atoms with E-state index in [2.05, 4.69) is 12.6 Å². The Balaban J connectivity index is 2.78. The van der Waals surface area contributed by atoms with Crippen LogP contribution in [0.5, 0.6) is 0 Å². The number of carbonyl (C=O) groups is 4. The van der Waals surface area contributed by atoms with Crippen molar-refractivity contribution in [2.75, 3.05) is 14.1 Å². The lowest BCUT2D eigenvalue weighted by Gasteiger charge is -2.30. The summed E-state index contributed by atoms with van der Waals surface area (Å²) in [6, 6.07) is 0. The van der Waals surface area contributed by atoms with E-state index in [1.54, 1.807) is 0 Å². The van der Waals surface area contributed by atoms with Crippen LogP contribution >= 0.6 is 12.6 Å². The van der Waals surface area contributed by atoms with Crippen LogP contribution in [0.4, 0.5) is 19.2 Å². The zero-order valence-corrected chi connectivity index (χ0v) is 9.60. The highest BCUT2D eigenvalue weighted by molar-refractivity contribution is 7.96. The molecule has 0 aromatic carbocycles. The summed E-state index contributed by atoms with van der Waals surface area (Å²) < 4.78 is -1.61. The Morgan fingerprint density at radius 1 is 1.36 bits per heavy atom.